The molecule has 364 valence electrons. The highest BCUT2D eigenvalue weighted by atomic mass is 16.6. The molecule has 0 aliphatic carbocycles. The number of nitrogens with one attached hydrogen (secondary N) is 3. The van der Waals surface area contributed by atoms with Gasteiger partial charge in [-0.25, -0.2) is 9.59 Å². The first kappa shape index (κ1) is 56.2. The normalized spacial score (nSPS) is 19.1. The van der Waals surface area contributed by atoms with Crippen molar-refractivity contribution in [3.8, 4) is 0 Å². The van der Waals surface area contributed by atoms with E-state index in [1.165, 1.54) is 127 Å². The first-order chi connectivity index (χ1) is 30.6. The predicted molar refractivity (Wildman–Crippen MR) is 254 cm³/mol. The molecule has 0 bridgehead atoms. The average molecular weight is 889 g/mol. The molecule has 2 rings (SSSR count). The summed E-state index contributed by atoms with van der Waals surface area (Å²) < 4.78 is 11.6. The Kier molecular flexibility index (Phi) is 32.4. The Balaban J connectivity index is 2.05. The van der Waals surface area contributed by atoms with Gasteiger partial charge in [0.15, 0.2) is 6.23 Å². The van der Waals surface area contributed by atoms with Gasteiger partial charge in [0.05, 0.1) is 6.61 Å². The lowest BCUT2D eigenvalue weighted by molar-refractivity contribution is -0.224. The van der Waals surface area contributed by atoms with Gasteiger partial charge in [0.25, 0.3) is 0 Å². The van der Waals surface area contributed by atoms with Crippen molar-refractivity contribution < 1.29 is 39.2 Å². The van der Waals surface area contributed by atoms with Gasteiger partial charge < -0.3 is 40.7 Å². The van der Waals surface area contributed by atoms with Crippen LogP contribution in [0.3, 0.4) is 0 Å². The molecule has 1 aliphatic rings. The SMILES string of the molecule is CCCCCCCCCCCCCCCCCCN(C(=O)NCCCCCCCCCCCC)[C@@H]1O[C@H](CO)[C@@H](O)[C@H](O)[C@H]1NC(=O)[C@H](CC(C)C)NC(=O)OCc1ccccc1. The number of benzene rings is 1. The summed E-state index contributed by atoms with van der Waals surface area (Å²) in [7, 11) is 0. The molecule has 0 spiro atoms. The number of carbonyl (C=O) groups is 3. The van der Waals surface area contributed by atoms with E-state index in [9.17, 15) is 29.7 Å². The van der Waals surface area contributed by atoms with Crippen LogP contribution in [0.5, 0.6) is 0 Å². The second-order valence-corrected chi connectivity index (χ2v) is 18.6. The number of nitrogens with zero attached hydrogens (tertiary/aromatic N) is 1. The topological polar surface area (TPSA) is 170 Å². The molecule has 4 amide bonds. The largest absolute Gasteiger partial charge is 0.445 e. The molecule has 0 radical (unpaired) electrons. The molecule has 12 heteroatoms. The van der Waals surface area contributed by atoms with Crippen LogP contribution in [0.2, 0.25) is 0 Å². The van der Waals surface area contributed by atoms with E-state index in [1.807, 2.05) is 44.2 Å². The Morgan fingerprint density at radius 2 is 1.16 bits per heavy atom. The zero-order valence-electron chi connectivity index (χ0n) is 40.2. The van der Waals surface area contributed by atoms with Gasteiger partial charge in [0.2, 0.25) is 5.91 Å². The fourth-order valence-corrected chi connectivity index (χ4v) is 8.48. The zero-order valence-corrected chi connectivity index (χ0v) is 40.2. The molecule has 1 aromatic carbocycles. The summed E-state index contributed by atoms with van der Waals surface area (Å²) in [4.78, 5) is 42.5. The number of urea groups is 1. The Morgan fingerprint density at radius 3 is 1.63 bits per heavy atom. The number of aliphatic hydroxyl groups excluding tert-OH is 3. The summed E-state index contributed by atoms with van der Waals surface area (Å²) in [5, 5.41) is 41.3. The van der Waals surface area contributed by atoms with Crippen LogP contribution in [0.15, 0.2) is 30.3 Å². The van der Waals surface area contributed by atoms with Gasteiger partial charge in [-0.1, -0.05) is 212 Å². The van der Waals surface area contributed by atoms with E-state index >= 15 is 0 Å². The monoisotopic (exact) mass is 889 g/mol. The molecule has 0 aromatic heterocycles. The lowest BCUT2D eigenvalue weighted by Crippen LogP contribution is -2.70. The average Bonchev–Trinajstić information content (AvgIpc) is 3.27. The summed E-state index contributed by atoms with van der Waals surface area (Å²) >= 11 is 0. The number of unbranched alkanes of at least 4 members (excludes halogenated alkanes) is 24. The number of hydrogen-bond acceptors (Lipinski definition) is 8. The van der Waals surface area contributed by atoms with Crippen LogP contribution in [0.25, 0.3) is 0 Å². The molecule has 6 atom stereocenters. The van der Waals surface area contributed by atoms with E-state index in [0.29, 0.717) is 19.5 Å². The fraction of sp³-hybridized carbons (Fsp3) is 0.824. The molecule has 12 nitrogen and oxygen atoms in total. The van der Waals surface area contributed by atoms with Gasteiger partial charge in [0.1, 0.15) is 37.0 Å². The number of aliphatic hydroxyl groups is 3. The van der Waals surface area contributed by atoms with E-state index in [1.54, 1.807) is 0 Å². The number of ether oxygens (including phenoxy) is 2. The van der Waals surface area contributed by atoms with Gasteiger partial charge in [-0.15, -0.1) is 0 Å². The fourth-order valence-electron chi connectivity index (χ4n) is 8.48. The van der Waals surface area contributed by atoms with E-state index < -0.39 is 61.3 Å². The lowest BCUT2D eigenvalue weighted by atomic mass is 9.94. The minimum absolute atomic E-state index is 0.00540. The van der Waals surface area contributed by atoms with Crippen LogP contribution in [0, 0.1) is 5.92 Å². The predicted octanol–water partition coefficient (Wildman–Crippen LogP) is 10.4. The van der Waals surface area contributed by atoms with E-state index in [-0.39, 0.29) is 18.9 Å². The molecule has 63 heavy (non-hydrogen) atoms. The highest BCUT2D eigenvalue weighted by Gasteiger charge is 2.48. The van der Waals surface area contributed by atoms with Gasteiger partial charge in [-0.2, -0.15) is 0 Å². The molecule has 0 saturated carbocycles. The number of amides is 4. The highest BCUT2D eigenvalue weighted by molar-refractivity contribution is 5.86. The summed E-state index contributed by atoms with van der Waals surface area (Å²) in [6.45, 7) is 8.53. The van der Waals surface area contributed by atoms with E-state index in [0.717, 1.165) is 44.1 Å². The molecule has 0 unspecified atom stereocenters. The maximum atomic E-state index is 14.1. The van der Waals surface area contributed by atoms with Crippen molar-refractivity contribution in [1.82, 2.24) is 20.9 Å². The van der Waals surface area contributed by atoms with Crippen molar-refractivity contribution in [2.45, 2.75) is 244 Å². The molecule has 1 heterocycles. The van der Waals surface area contributed by atoms with Crippen LogP contribution in [0.1, 0.15) is 207 Å². The summed E-state index contributed by atoms with van der Waals surface area (Å²) in [5.41, 5.74) is 0.797. The Hall–Kier alpha value is -2.93. The summed E-state index contributed by atoms with van der Waals surface area (Å²) in [6, 6.07) is 6.55. The van der Waals surface area contributed by atoms with Gasteiger partial charge >= 0.3 is 12.1 Å². The van der Waals surface area contributed by atoms with Crippen LogP contribution >= 0.6 is 0 Å². The minimum Gasteiger partial charge on any atom is -0.445 e. The van der Waals surface area contributed by atoms with Gasteiger partial charge in [0, 0.05) is 13.1 Å². The maximum absolute atomic E-state index is 14.1. The van der Waals surface area contributed by atoms with Crippen LogP contribution in [-0.2, 0) is 20.9 Å². The Morgan fingerprint density at radius 1 is 0.683 bits per heavy atom. The molecular formula is C51H92N4O8. The van der Waals surface area contributed by atoms with Crippen LogP contribution in [0.4, 0.5) is 9.59 Å². The lowest BCUT2D eigenvalue weighted by Gasteiger charge is -2.47. The number of rotatable bonds is 37. The molecular weight excluding hydrogens is 797 g/mol. The maximum Gasteiger partial charge on any atom is 0.408 e. The molecule has 1 fully saturated rings. The van der Waals surface area contributed by atoms with Crippen LogP contribution in [-0.4, -0.2) is 94.6 Å². The van der Waals surface area contributed by atoms with E-state index in [2.05, 4.69) is 29.8 Å². The second kappa shape index (κ2) is 36.3. The minimum atomic E-state index is -1.57. The van der Waals surface area contributed by atoms with Crippen LogP contribution < -0.4 is 16.0 Å². The molecule has 1 aromatic rings. The first-order valence-corrected chi connectivity index (χ1v) is 25.6. The van der Waals surface area contributed by atoms with Crippen molar-refractivity contribution in [3.63, 3.8) is 0 Å². The number of hydrogen-bond donors (Lipinski definition) is 6. The molecule has 6 N–H and O–H groups in total. The zero-order chi connectivity index (χ0) is 45.9. The Labute approximate surface area is 382 Å². The summed E-state index contributed by atoms with van der Waals surface area (Å²) in [5.74, 6) is -0.605. The van der Waals surface area contributed by atoms with Crippen molar-refractivity contribution in [1.29, 1.82) is 0 Å². The second-order valence-electron chi connectivity index (χ2n) is 18.6. The third-order valence-electron chi connectivity index (χ3n) is 12.4. The van der Waals surface area contributed by atoms with Gasteiger partial charge in [-0.3, -0.25) is 9.69 Å². The smallest absolute Gasteiger partial charge is 0.408 e. The van der Waals surface area contributed by atoms with Crippen molar-refractivity contribution in [2.24, 2.45) is 5.92 Å². The standard InChI is InChI=1S/C51H92N4O8/c1-5-7-9-11-13-15-17-18-19-20-21-22-24-26-28-33-37-55(50(60)52-36-32-27-25-23-16-14-12-10-8-6-2)49-45(47(58)46(57)44(39-56)63-49)54-48(59)43(38-41(3)4)53-51(61)62-40-42-34-30-29-31-35-42/h29-31,34-35,41,43-47,49,56-58H,5-28,32-33,36-40H2,1-4H3,(H,52,60)(H,53,61)(H,54,59)/t43-,44+,45+,46+,47+,49+/m0/s1. The van der Waals surface area contributed by atoms with Crippen molar-refractivity contribution in [3.05, 3.63) is 35.9 Å². The highest BCUT2D eigenvalue weighted by Crippen LogP contribution is 2.26. The summed E-state index contributed by atoms with van der Waals surface area (Å²) in [6.07, 6.45) is 25.3. The van der Waals surface area contributed by atoms with Crippen molar-refractivity contribution >= 4 is 18.0 Å². The Bertz CT molecular complexity index is 1290. The number of alkyl carbamates (subject to hydrolysis) is 1. The molecule has 1 aliphatic heterocycles. The third kappa shape index (κ3) is 25.4. The van der Waals surface area contributed by atoms with Crippen molar-refractivity contribution in [2.75, 3.05) is 19.7 Å². The number of carbonyl (C=O) groups excluding carboxylic acids is 3. The third-order valence-corrected chi connectivity index (χ3v) is 12.4. The van der Waals surface area contributed by atoms with Gasteiger partial charge in [-0.05, 0) is 30.7 Å². The quantitative estimate of drug-likeness (QED) is 0.0359. The van der Waals surface area contributed by atoms with E-state index in [4.69, 9.17) is 9.47 Å². The first-order valence-electron chi connectivity index (χ1n) is 25.6. The molecule has 1 saturated heterocycles.